The molecule has 0 N–H and O–H groups in total. The lowest BCUT2D eigenvalue weighted by Crippen LogP contribution is -2.19. The van der Waals surface area contributed by atoms with Crippen molar-refractivity contribution in [1.29, 1.82) is 0 Å². The van der Waals surface area contributed by atoms with Gasteiger partial charge in [-0.1, -0.05) is 11.6 Å². The molecule has 3 nitrogen and oxygen atoms in total. The van der Waals surface area contributed by atoms with Gasteiger partial charge in [0.05, 0.1) is 9.50 Å². The number of nitrogens with zero attached hydrogens (tertiary/aromatic N) is 2. The maximum atomic E-state index is 11.9. The maximum Gasteiger partial charge on any atom is 0.261 e. The van der Waals surface area contributed by atoms with Crippen LogP contribution >= 0.6 is 27.5 Å². The van der Waals surface area contributed by atoms with E-state index in [9.17, 15) is 4.79 Å². The SMILES string of the molecule is Cc1nc2c(Br)cc(Cl)cn2c(=O)c1C. The minimum atomic E-state index is -0.0827. The van der Waals surface area contributed by atoms with E-state index in [0.29, 0.717) is 16.2 Å². The summed E-state index contributed by atoms with van der Waals surface area (Å²) < 4.78 is 2.17. The van der Waals surface area contributed by atoms with E-state index in [0.717, 1.165) is 10.2 Å². The molecule has 2 aromatic rings. The third-order valence-electron chi connectivity index (χ3n) is 2.31. The van der Waals surface area contributed by atoms with Crippen molar-refractivity contribution in [2.45, 2.75) is 13.8 Å². The van der Waals surface area contributed by atoms with Crippen LogP contribution < -0.4 is 5.56 Å². The van der Waals surface area contributed by atoms with E-state index in [-0.39, 0.29) is 5.56 Å². The molecule has 0 saturated carbocycles. The molecule has 78 valence electrons. The summed E-state index contributed by atoms with van der Waals surface area (Å²) in [5.74, 6) is 0. The molecule has 0 bridgehead atoms. The second-order valence-electron chi connectivity index (χ2n) is 3.33. The second kappa shape index (κ2) is 3.61. The van der Waals surface area contributed by atoms with Gasteiger partial charge in [-0.2, -0.15) is 0 Å². The summed E-state index contributed by atoms with van der Waals surface area (Å²) in [6, 6.07) is 1.72. The highest BCUT2D eigenvalue weighted by molar-refractivity contribution is 9.10. The molecule has 0 fully saturated rings. The Morgan fingerprint density at radius 2 is 2.13 bits per heavy atom. The van der Waals surface area contributed by atoms with Gasteiger partial charge in [-0.3, -0.25) is 9.20 Å². The Hall–Kier alpha value is -0.870. The zero-order chi connectivity index (χ0) is 11.2. The van der Waals surface area contributed by atoms with Crippen molar-refractivity contribution in [2.24, 2.45) is 0 Å². The van der Waals surface area contributed by atoms with E-state index < -0.39 is 0 Å². The lowest BCUT2D eigenvalue weighted by Gasteiger charge is -2.06. The standard InChI is InChI=1S/C10H8BrClN2O/c1-5-6(2)13-9-8(11)3-7(12)4-14(9)10(5)15/h3-4H,1-2H3. The molecule has 2 rings (SSSR count). The minimum absolute atomic E-state index is 0.0827. The first-order chi connectivity index (χ1) is 7.00. The van der Waals surface area contributed by atoms with Gasteiger partial charge in [-0.15, -0.1) is 0 Å². The predicted octanol–water partition coefficient (Wildman–Crippen LogP) is 2.73. The topological polar surface area (TPSA) is 34.4 Å². The van der Waals surface area contributed by atoms with Crippen LogP contribution in [0.3, 0.4) is 0 Å². The first-order valence-corrected chi connectivity index (χ1v) is 5.52. The maximum absolute atomic E-state index is 11.9. The summed E-state index contributed by atoms with van der Waals surface area (Å²) in [6.45, 7) is 3.57. The highest BCUT2D eigenvalue weighted by atomic mass is 79.9. The molecule has 2 aromatic heterocycles. The number of pyridine rings is 1. The molecule has 0 aliphatic heterocycles. The summed E-state index contributed by atoms with van der Waals surface area (Å²) in [4.78, 5) is 16.2. The molecule has 0 amide bonds. The van der Waals surface area contributed by atoms with Crippen LogP contribution in [0, 0.1) is 13.8 Å². The van der Waals surface area contributed by atoms with Crippen molar-refractivity contribution in [2.75, 3.05) is 0 Å². The zero-order valence-electron chi connectivity index (χ0n) is 8.21. The van der Waals surface area contributed by atoms with Crippen molar-refractivity contribution in [3.05, 3.63) is 43.4 Å². The van der Waals surface area contributed by atoms with E-state index in [1.165, 1.54) is 4.40 Å². The molecule has 5 heteroatoms. The third-order valence-corrected chi connectivity index (χ3v) is 3.11. The number of aromatic nitrogens is 2. The van der Waals surface area contributed by atoms with E-state index in [4.69, 9.17) is 11.6 Å². The Balaban J connectivity index is 3.06. The Morgan fingerprint density at radius 3 is 2.80 bits per heavy atom. The van der Waals surface area contributed by atoms with Crippen molar-refractivity contribution in [3.63, 3.8) is 0 Å². The molecular weight excluding hydrogens is 279 g/mol. The lowest BCUT2D eigenvalue weighted by molar-refractivity contribution is 0.979. The number of rotatable bonds is 0. The molecule has 2 heterocycles. The highest BCUT2D eigenvalue weighted by Gasteiger charge is 2.08. The van der Waals surface area contributed by atoms with Gasteiger partial charge in [0.15, 0.2) is 5.65 Å². The number of hydrogen-bond donors (Lipinski definition) is 0. The molecular formula is C10H8BrClN2O. The van der Waals surface area contributed by atoms with Gasteiger partial charge >= 0.3 is 0 Å². The number of aryl methyl sites for hydroxylation is 1. The lowest BCUT2D eigenvalue weighted by atomic mass is 10.2. The predicted molar refractivity (Wildman–Crippen MR) is 63.6 cm³/mol. The fraction of sp³-hybridized carbons (Fsp3) is 0.200. The van der Waals surface area contributed by atoms with Crippen LogP contribution in [-0.4, -0.2) is 9.38 Å². The van der Waals surface area contributed by atoms with Gasteiger partial charge in [-0.25, -0.2) is 4.98 Å². The van der Waals surface area contributed by atoms with Gasteiger partial charge in [-0.05, 0) is 35.8 Å². The van der Waals surface area contributed by atoms with Crippen LogP contribution in [0.15, 0.2) is 21.5 Å². The monoisotopic (exact) mass is 286 g/mol. The molecule has 0 saturated heterocycles. The van der Waals surface area contributed by atoms with Crippen LogP contribution in [0.5, 0.6) is 0 Å². The van der Waals surface area contributed by atoms with Crippen molar-refractivity contribution in [1.82, 2.24) is 9.38 Å². The summed E-state index contributed by atoms with van der Waals surface area (Å²) in [5.41, 5.74) is 1.89. The van der Waals surface area contributed by atoms with Crippen LogP contribution in [0.25, 0.3) is 5.65 Å². The van der Waals surface area contributed by atoms with Gasteiger partial charge in [0.2, 0.25) is 0 Å². The van der Waals surface area contributed by atoms with Crippen molar-refractivity contribution >= 4 is 33.2 Å². The molecule has 0 aliphatic carbocycles. The van der Waals surface area contributed by atoms with E-state index in [1.807, 2.05) is 6.92 Å². The van der Waals surface area contributed by atoms with Crippen LogP contribution in [0.2, 0.25) is 5.02 Å². The molecule has 0 radical (unpaired) electrons. The average molecular weight is 288 g/mol. The van der Waals surface area contributed by atoms with Crippen LogP contribution in [0.4, 0.5) is 0 Å². The number of halogens is 2. The van der Waals surface area contributed by atoms with Crippen LogP contribution in [-0.2, 0) is 0 Å². The number of fused-ring (bicyclic) bond motifs is 1. The fourth-order valence-electron chi connectivity index (χ4n) is 1.36. The first kappa shape index (κ1) is 10.6. The molecule has 0 spiro atoms. The molecule has 0 aliphatic rings. The van der Waals surface area contributed by atoms with Crippen LogP contribution in [0.1, 0.15) is 11.3 Å². The van der Waals surface area contributed by atoms with Crippen molar-refractivity contribution in [3.8, 4) is 0 Å². The normalized spacial score (nSPS) is 10.9. The van der Waals surface area contributed by atoms with E-state index >= 15 is 0 Å². The van der Waals surface area contributed by atoms with E-state index in [1.54, 1.807) is 19.2 Å². The Bertz CT molecular complexity index is 606. The molecule has 0 unspecified atom stereocenters. The quantitative estimate of drug-likeness (QED) is 0.746. The summed E-state index contributed by atoms with van der Waals surface area (Å²) in [5, 5.41) is 0.501. The summed E-state index contributed by atoms with van der Waals surface area (Å²) in [7, 11) is 0. The van der Waals surface area contributed by atoms with Gasteiger partial charge < -0.3 is 0 Å². The average Bonchev–Trinajstić information content (AvgIpc) is 2.17. The fourth-order valence-corrected chi connectivity index (χ4v) is 2.23. The largest absolute Gasteiger partial charge is 0.269 e. The molecule has 0 aromatic carbocycles. The smallest absolute Gasteiger partial charge is 0.261 e. The Morgan fingerprint density at radius 1 is 1.47 bits per heavy atom. The first-order valence-electron chi connectivity index (χ1n) is 4.35. The Kier molecular flexibility index (Phi) is 2.56. The number of hydrogen-bond acceptors (Lipinski definition) is 2. The van der Waals surface area contributed by atoms with E-state index in [2.05, 4.69) is 20.9 Å². The molecule has 15 heavy (non-hydrogen) atoms. The molecule has 0 atom stereocenters. The van der Waals surface area contributed by atoms with Gasteiger partial charge in [0, 0.05) is 17.5 Å². The second-order valence-corrected chi connectivity index (χ2v) is 4.62. The highest BCUT2D eigenvalue weighted by Crippen LogP contribution is 2.20. The third kappa shape index (κ3) is 1.68. The summed E-state index contributed by atoms with van der Waals surface area (Å²) >= 11 is 9.20. The van der Waals surface area contributed by atoms with Gasteiger partial charge in [0.25, 0.3) is 5.56 Å². The van der Waals surface area contributed by atoms with Gasteiger partial charge in [0.1, 0.15) is 0 Å². The van der Waals surface area contributed by atoms with Crippen molar-refractivity contribution < 1.29 is 0 Å². The Labute approximate surface area is 99.8 Å². The minimum Gasteiger partial charge on any atom is -0.269 e. The summed E-state index contributed by atoms with van der Waals surface area (Å²) in [6.07, 6.45) is 1.57. The zero-order valence-corrected chi connectivity index (χ0v) is 10.6.